The van der Waals surface area contributed by atoms with Crippen molar-refractivity contribution in [2.75, 3.05) is 5.32 Å². The van der Waals surface area contributed by atoms with Gasteiger partial charge < -0.3 is 15.2 Å². The number of nitrogens with zero attached hydrogens (tertiary/aromatic N) is 2. The average Bonchev–Trinajstić information content (AvgIpc) is 3.11. The summed E-state index contributed by atoms with van der Waals surface area (Å²) < 4.78 is 2.13. The average molecular weight is 412 g/mol. The molecule has 1 aromatic heterocycles. The molecule has 0 saturated heterocycles. The number of hydrogen-bond acceptors (Lipinski definition) is 3. The van der Waals surface area contributed by atoms with E-state index < -0.39 is 0 Å². The zero-order valence-corrected chi connectivity index (χ0v) is 17.6. The molecule has 3 aromatic carbocycles. The van der Waals surface area contributed by atoms with Crippen LogP contribution in [-0.2, 0) is 17.9 Å². The molecule has 0 spiro atoms. The van der Waals surface area contributed by atoms with Crippen molar-refractivity contribution in [3.63, 3.8) is 0 Å². The van der Waals surface area contributed by atoms with Crippen molar-refractivity contribution in [3.8, 4) is 0 Å². The van der Waals surface area contributed by atoms with Gasteiger partial charge in [0.05, 0.1) is 17.6 Å². The highest BCUT2D eigenvalue weighted by Crippen LogP contribution is 2.19. The summed E-state index contributed by atoms with van der Waals surface area (Å²) in [5.41, 5.74) is 5.38. The number of nitrogens with one attached hydrogen (secondary N) is 2. The maximum absolute atomic E-state index is 12.7. The Balaban J connectivity index is 1.56. The normalized spacial score (nSPS) is 10.8. The van der Waals surface area contributed by atoms with E-state index in [1.54, 1.807) is 24.3 Å². The maximum atomic E-state index is 12.7. The number of amides is 2. The van der Waals surface area contributed by atoms with Crippen LogP contribution in [0.3, 0.4) is 0 Å². The Hall–Kier alpha value is -3.93. The molecule has 156 valence electrons. The summed E-state index contributed by atoms with van der Waals surface area (Å²) in [6.45, 7) is 4.47. The molecule has 1 heterocycles. The van der Waals surface area contributed by atoms with Gasteiger partial charge in [0.15, 0.2) is 0 Å². The van der Waals surface area contributed by atoms with E-state index in [1.807, 2.05) is 24.3 Å². The summed E-state index contributed by atoms with van der Waals surface area (Å²) in [6.07, 6.45) is 0. The van der Waals surface area contributed by atoms with E-state index in [1.165, 1.54) is 18.1 Å². The van der Waals surface area contributed by atoms with Gasteiger partial charge in [-0.15, -0.1) is 0 Å². The van der Waals surface area contributed by atoms with Gasteiger partial charge in [-0.2, -0.15) is 0 Å². The predicted octanol–water partition coefficient (Wildman–Crippen LogP) is 4.28. The highest BCUT2D eigenvalue weighted by atomic mass is 16.2. The lowest BCUT2D eigenvalue weighted by molar-refractivity contribution is -0.114. The van der Waals surface area contributed by atoms with Crippen LogP contribution >= 0.6 is 0 Å². The fraction of sp³-hybridized carbons (Fsp3) is 0.160. The second-order valence-electron chi connectivity index (χ2n) is 7.53. The summed E-state index contributed by atoms with van der Waals surface area (Å²) in [6, 6.07) is 23.2. The van der Waals surface area contributed by atoms with Crippen LogP contribution in [0, 0.1) is 6.92 Å². The molecule has 6 nitrogen and oxygen atoms in total. The summed E-state index contributed by atoms with van der Waals surface area (Å²) in [4.78, 5) is 28.7. The van der Waals surface area contributed by atoms with Gasteiger partial charge in [-0.25, -0.2) is 4.98 Å². The number of hydrogen-bond donors (Lipinski definition) is 2. The predicted molar refractivity (Wildman–Crippen MR) is 122 cm³/mol. The molecular weight excluding hydrogens is 388 g/mol. The number of rotatable bonds is 6. The van der Waals surface area contributed by atoms with Crippen LogP contribution in [-0.4, -0.2) is 21.4 Å². The standard InChI is InChI=1S/C25H24N4O2/c1-17-10-12-19(13-11-17)16-29-23-9-4-3-8-22(23)28-24(29)15-26-25(31)20-6-5-7-21(14-20)27-18(2)30/h3-14H,15-16H2,1-2H3,(H,26,31)(H,27,30). The van der Waals surface area contributed by atoms with Gasteiger partial charge in [-0.05, 0) is 42.8 Å². The molecular formula is C25H24N4O2. The molecule has 0 saturated carbocycles. The number of aryl methyl sites for hydroxylation is 1. The van der Waals surface area contributed by atoms with Crippen LogP contribution in [0.15, 0.2) is 72.8 Å². The molecule has 0 aliphatic carbocycles. The molecule has 6 heteroatoms. The van der Waals surface area contributed by atoms with Crippen molar-refractivity contribution >= 4 is 28.5 Å². The third-order valence-electron chi connectivity index (χ3n) is 5.05. The van der Waals surface area contributed by atoms with Gasteiger partial charge in [0.1, 0.15) is 5.82 Å². The monoisotopic (exact) mass is 412 g/mol. The summed E-state index contributed by atoms with van der Waals surface area (Å²) in [7, 11) is 0. The minimum absolute atomic E-state index is 0.178. The van der Waals surface area contributed by atoms with E-state index in [4.69, 9.17) is 4.98 Å². The van der Waals surface area contributed by atoms with Crippen molar-refractivity contribution < 1.29 is 9.59 Å². The smallest absolute Gasteiger partial charge is 0.251 e. The first-order chi connectivity index (χ1) is 15.0. The molecule has 4 aromatic rings. The fourth-order valence-electron chi connectivity index (χ4n) is 3.52. The Bertz CT molecular complexity index is 1240. The first-order valence-corrected chi connectivity index (χ1v) is 10.1. The first-order valence-electron chi connectivity index (χ1n) is 10.1. The number of imidazole rings is 1. The Morgan fingerprint density at radius 2 is 1.74 bits per heavy atom. The van der Waals surface area contributed by atoms with Crippen LogP contribution in [0.5, 0.6) is 0 Å². The highest BCUT2D eigenvalue weighted by molar-refractivity contribution is 5.96. The molecule has 0 atom stereocenters. The molecule has 0 fully saturated rings. The fourth-order valence-corrected chi connectivity index (χ4v) is 3.52. The number of carbonyl (C=O) groups is 2. The van der Waals surface area contributed by atoms with Crippen LogP contribution in [0.1, 0.15) is 34.2 Å². The van der Waals surface area contributed by atoms with Gasteiger partial charge in [0.25, 0.3) is 5.91 Å². The molecule has 0 aliphatic heterocycles. The van der Waals surface area contributed by atoms with Gasteiger partial charge in [0.2, 0.25) is 5.91 Å². The van der Waals surface area contributed by atoms with Crippen molar-refractivity contribution in [3.05, 3.63) is 95.3 Å². The minimum atomic E-state index is -0.221. The number of benzene rings is 3. The number of fused-ring (bicyclic) bond motifs is 1. The van der Waals surface area contributed by atoms with Crippen molar-refractivity contribution in [2.24, 2.45) is 0 Å². The SMILES string of the molecule is CC(=O)Nc1cccc(C(=O)NCc2nc3ccccc3n2Cc2ccc(C)cc2)c1. The number of para-hydroxylation sites is 2. The zero-order chi connectivity index (χ0) is 21.8. The molecule has 2 N–H and O–H groups in total. The van der Waals surface area contributed by atoms with E-state index in [0.717, 1.165) is 16.9 Å². The van der Waals surface area contributed by atoms with E-state index in [2.05, 4.69) is 46.4 Å². The quantitative estimate of drug-likeness (QED) is 0.496. The lowest BCUT2D eigenvalue weighted by Gasteiger charge is -2.11. The van der Waals surface area contributed by atoms with Crippen molar-refractivity contribution in [1.29, 1.82) is 0 Å². The van der Waals surface area contributed by atoms with Crippen molar-refractivity contribution in [2.45, 2.75) is 26.9 Å². The topological polar surface area (TPSA) is 76.0 Å². The second kappa shape index (κ2) is 8.83. The second-order valence-corrected chi connectivity index (χ2v) is 7.53. The van der Waals surface area contributed by atoms with Crippen LogP contribution in [0.4, 0.5) is 5.69 Å². The molecule has 2 amide bonds. The molecule has 31 heavy (non-hydrogen) atoms. The summed E-state index contributed by atoms with van der Waals surface area (Å²) in [5.74, 6) is 0.386. The van der Waals surface area contributed by atoms with E-state index in [0.29, 0.717) is 24.3 Å². The highest BCUT2D eigenvalue weighted by Gasteiger charge is 2.13. The Kier molecular flexibility index (Phi) is 5.80. The van der Waals surface area contributed by atoms with Gasteiger partial charge in [0, 0.05) is 24.7 Å². The largest absolute Gasteiger partial charge is 0.345 e. The molecule has 4 rings (SSSR count). The van der Waals surface area contributed by atoms with E-state index >= 15 is 0 Å². The van der Waals surface area contributed by atoms with Crippen LogP contribution in [0.25, 0.3) is 11.0 Å². The Morgan fingerprint density at radius 1 is 0.968 bits per heavy atom. The number of carbonyl (C=O) groups excluding carboxylic acids is 2. The first kappa shape index (κ1) is 20.3. The van der Waals surface area contributed by atoms with Gasteiger partial charge in [-0.3, -0.25) is 9.59 Å². The number of aromatic nitrogens is 2. The van der Waals surface area contributed by atoms with Crippen LogP contribution in [0.2, 0.25) is 0 Å². The van der Waals surface area contributed by atoms with Gasteiger partial charge in [-0.1, -0.05) is 48.0 Å². The molecule has 0 radical (unpaired) electrons. The van der Waals surface area contributed by atoms with E-state index in [-0.39, 0.29) is 11.8 Å². The molecule has 0 aliphatic rings. The molecule has 0 unspecified atom stereocenters. The van der Waals surface area contributed by atoms with Gasteiger partial charge >= 0.3 is 0 Å². The summed E-state index contributed by atoms with van der Waals surface area (Å²) >= 11 is 0. The maximum Gasteiger partial charge on any atom is 0.251 e. The summed E-state index contributed by atoms with van der Waals surface area (Å²) in [5, 5.41) is 5.65. The minimum Gasteiger partial charge on any atom is -0.345 e. The molecule has 0 bridgehead atoms. The number of anilines is 1. The third-order valence-corrected chi connectivity index (χ3v) is 5.05. The van der Waals surface area contributed by atoms with Crippen LogP contribution < -0.4 is 10.6 Å². The Labute approximate surface area is 180 Å². The van der Waals surface area contributed by atoms with Crippen molar-refractivity contribution in [1.82, 2.24) is 14.9 Å². The zero-order valence-electron chi connectivity index (χ0n) is 17.6. The lowest BCUT2D eigenvalue weighted by atomic mass is 10.1. The third kappa shape index (κ3) is 4.80. The van der Waals surface area contributed by atoms with E-state index in [9.17, 15) is 9.59 Å². The lowest BCUT2D eigenvalue weighted by Crippen LogP contribution is -2.25. The Morgan fingerprint density at radius 3 is 2.52 bits per heavy atom.